The Hall–Kier alpha value is -2.13. The lowest BCUT2D eigenvalue weighted by Gasteiger charge is -2.04. The summed E-state index contributed by atoms with van der Waals surface area (Å²) in [5.41, 5.74) is 7.65. The van der Waals surface area contributed by atoms with Gasteiger partial charge in [0.25, 0.3) is 0 Å². The number of rotatable bonds is 2. The Morgan fingerprint density at radius 2 is 1.89 bits per heavy atom. The summed E-state index contributed by atoms with van der Waals surface area (Å²) in [7, 11) is 0. The molecule has 3 nitrogen and oxygen atoms in total. The molecule has 90 valence electrons. The topological polar surface area (TPSA) is 49.3 Å². The summed E-state index contributed by atoms with van der Waals surface area (Å²) in [5.74, 6) is -0.388. The van der Waals surface area contributed by atoms with E-state index >= 15 is 0 Å². The minimum absolute atomic E-state index is 0.200. The second-order valence-corrected chi connectivity index (χ2v) is 4.54. The van der Waals surface area contributed by atoms with E-state index in [0.717, 1.165) is 12.0 Å². The third kappa shape index (κ3) is 1.79. The van der Waals surface area contributed by atoms with Gasteiger partial charge >= 0.3 is 0 Å². The summed E-state index contributed by atoms with van der Waals surface area (Å²) < 4.78 is 0. The number of benzene rings is 2. The van der Waals surface area contributed by atoms with Gasteiger partial charge in [0.05, 0.1) is 6.42 Å². The lowest BCUT2D eigenvalue weighted by molar-refractivity contribution is -0.128. The van der Waals surface area contributed by atoms with Gasteiger partial charge in [0.2, 0.25) is 5.91 Å². The average Bonchev–Trinajstić information content (AvgIpc) is 2.77. The lowest BCUT2D eigenvalue weighted by atomic mass is 10.0. The number of hydrogen-bond donors (Lipinski definition) is 2. The summed E-state index contributed by atoms with van der Waals surface area (Å²) in [4.78, 5) is 11.2. The van der Waals surface area contributed by atoms with Crippen molar-refractivity contribution in [3.05, 3.63) is 59.2 Å². The van der Waals surface area contributed by atoms with E-state index in [1.807, 2.05) is 24.3 Å². The fourth-order valence-corrected chi connectivity index (χ4v) is 2.51. The minimum atomic E-state index is -0.388. The molecule has 2 aromatic rings. The first-order valence-electron chi connectivity index (χ1n) is 5.91. The van der Waals surface area contributed by atoms with Crippen LogP contribution < -0.4 is 5.48 Å². The Labute approximate surface area is 105 Å². The van der Waals surface area contributed by atoms with Crippen LogP contribution in [0.15, 0.2) is 42.5 Å². The molecule has 1 aliphatic rings. The largest absolute Gasteiger partial charge is 0.289 e. The highest BCUT2D eigenvalue weighted by atomic mass is 16.5. The molecule has 0 heterocycles. The standard InChI is InChI=1S/C15H13NO2/c17-15(16-18)8-10-5-6-12-9-11-3-1-2-4-13(11)14(12)7-10/h1-7,18H,8-9H2,(H,16,17). The quantitative estimate of drug-likeness (QED) is 0.532. The smallest absolute Gasteiger partial charge is 0.247 e. The number of hydroxylamine groups is 1. The first kappa shape index (κ1) is 11.0. The number of amides is 1. The molecule has 0 fully saturated rings. The van der Waals surface area contributed by atoms with E-state index in [1.54, 1.807) is 5.48 Å². The van der Waals surface area contributed by atoms with Crippen LogP contribution in [0, 0.1) is 0 Å². The minimum Gasteiger partial charge on any atom is -0.289 e. The molecule has 0 unspecified atom stereocenters. The predicted octanol–water partition coefficient (Wildman–Crippen LogP) is 2.31. The van der Waals surface area contributed by atoms with E-state index in [0.29, 0.717) is 0 Å². The highest BCUT2D eigenvalue weighted by Gasteiger charge is 2.18. The van der Waals surface area contributed by atoms with Gasteiger partial charge in [-0.15, -0.1) is 0 Å². The summed E-state index contributed by atoms with van der Waals surface area (Å²) in [6.45, 7) is 0. The predicted molar refractivity (Wildman–Crippen MR) is 68.3 cm³/mol. The van der Waals surface area contributed by atoms with Gasteiger partial charge in [0.1, 0.15) is 0 Å². The maximum absolute atomic E-state index is 11.2. The Bertz CT molecular complexity index is 620. The molecule has 0 aliphatic heterocycles. The molecule has 0 aromatic heterocycles. The third-order valence-corrected chi connectivity index (χ3v) is 3.35. The molecule has 0 atom stereocenters. The van der Waals surface area contributed by atoms with E-state index in [-0.39, 0.29) is 12.3 Å². The molecule has 18 heavy (non-hydrogen) atoms. The van der Waals surface area contributed by atoms with Gasteiger partial charge in [-0.1, -0.05) is 42.5 Å². The molecule has 3 rings (SSSR count). The first-order valence-corrected chi connectivity index (χ1v) is 5.91. The monoisotopic (exact) mass is 239 g/mol. The van der Waals surface area contributed by atoms with Crippen LogP contribution in [-0.2, 0) is 17.6 Å². The molecule has 1 aliphatic carbocycles. The van der Waals surface area contributed by atoms with Crippen molar-refractivity contribution in [2.45, 2.75) is 12.8 Å². The molecular weight excluding hydrogens is 226 g/mol. The number of nitrogens with one attached hydrogen (secondary N) is 1. The van der Waals surface area contributed by atoms with Crippen LogP contribution in [0.3, 0.4) is 0 Å². The first-order chi connectivity index (χ1) is 8.78. The molecule has 0 radical (unpaired) electrons. The zero-order valence-electron chi connectivity index (χ0n) is 9.81. The number of fused-ring (bicyclic) bond motifs is 3. The molecule has 0 saturated carbocycles. The Kier molecular flexibility index (Phi) is 2.61. The second-order valence-electron chi connectivity index (χ2n) is 4.54. The maximum atomic E-state index is 11.2. The van der Waals surface area contributed by atoms with E-state index in [4.69, 9.17) is 5.21 Å². The fourth-order valence-electron chi connectivity index (χ4n) is 2.51. The SMILES string of the molecule is O=C(Cc1ccc2c(c1)-c1ccccc1C2)NO. The Morgan fingerprint density at radius 1 is 1.11 bits per heavy atom. The Balaban J connectivity index is 2.00. The van der Waals surface area contributed by atoms with Crippen molar-refractivity contribution in [1.82, 2.24) is 5.48 Å². The van der Waals surface area contributed by atoms with E-state index in [2.05, 4.69) is 18.2 Å². The van der Waals surface area contributed by atoms with Crippen LogP contribution in [0.1, 0.15) is 16.7 Å². The average molecular weight is 239 g/mol. The highest BCUT2D eigenvalue weighted by Crippen LogP contribution is 2.36. The van der Waals surface area contributed by atoms with Crippen LogP contribution in [0.25, 0.3) is 11.1 Å². The van der Waals surface area contributed by atoms with Crippen LogP contribution in [0.5, 0.6) is 0 Å². The Morgan fingerprint density at radius 3 is 2.72 bits per heavy atom. The van der Waals surface area contributed by atoms with Crippen LogP contribution in [0.4, 0.5) is 0 Å². The van der Waals surface area contributed by atoms with Crippen molar-refractivity contribution in [3.8, 4) is 11.1 Å². The van der Waals surface area contributed by atoms with Gasteiger partial charge in [-0.05, 0) is 34.2 Å². The fraction of sp³-hybridized carbons (Fsp3) is 0.133. The van der Waals surface area contributed by atoms with Crippen LogP contribution in [-0.4, -0.2) is 11.1 Å². The number of hydrogen-bond acceptors (Lipinski definition) is 2. The van der Waals surface area contributed by atoms with Gasteiger partial charge in [-0.25, -0.2) is 5.48 Å². The second kappa shape index (κ2) is 4.27. The van der Waals surface area contributed by atoms with Crippen molar-refractivity contribution in [1.29, 1.82) is 0 Å². The maximum Gasteiger partial charge on any atom is 0.247 e. The number of carbonyl (C=O) groups excluding carboxylic acids is 1. The zero-order chi connectivity index (χ0) is 12.5. The summed E-state index contributed by atoms with van der Waals surface area (Å²) in [6, 6.07) is 14.4. The lowest BCUT2D eigenvalue weighted by Crippen LogP contribution is -2.20. The molecule has 2 aromatic carbocycles. The summed E-state index contributed by atoms with van der Waals surface area (Å²) >= 11 is 0. The van der Waals surface area contributed by atoms with E-state index < -0.39 is 0 Å². The van der Waals surface area contributed by atoms with E-state index in [9.17, 15) is 4.79 Å². The van der Waals surface area contributed by atoms with Crippen molar-refractivity contribution in [2.75, 3.05) is 0 Å². The van der Waals surface area contributed by atoms with Gasteiger partial charge < -0.3 is 0 Å². The van der Waals surface area contributed by atoms with Crippen LogP contribution in [0.2, 0.25) is 0 Å². The summed E-state index contributed by atoms with van der Waals surface area (Å²) in [5, 5.41) is 8.55. The molecule has 0 bridgehead atoms. The van der Waals surface area contributed by atoms with Crippen molar-refractivity contribution < 1.29 is 10.0 Å². The molecule has 3 heteroatoms. The highest BCUT2D eigenvalue weighted by molar-refractivity contribution is 5.80. The number of carbonyl (C=O) groups is 1. The van der Waals surface area contributed by atoms with Gasteiger partial charge in [0.15, 0.2) is 0 Å². The summed E-state index contributed by atoms with van der Waals surface area (Å²) in [6.07, 6.45) is 1.16. The molecule has 0 saturated heterocycles. The van der Waals surface area contributed by atoms with Crippen molar-refractivity contribution in [3.63, 3.8) is 0 Å². The van der Waals surface area contributed by atoms with Gasteiger partial charge in [-0.3, -0.25) is 10.0 Å². The molecular formula is C15H13NO2. The van der Waals surface area contributed by atoms with E-state index in [1.165, 1.54) is 22.3 Å². The van der Waals surface area contributed by atoms with Crippen LogP contribution >= 0.6 is 0 Å². The van der Waals surface area contributed by atoms with Gasteiger partial charge in [0, 0.05) is 0 Å². The van der Waals surface area contributed by atoms with Crippen molar-refractivity contribution >= 4 is 5.91 Å². The third-order valence-electron chi connectivity index (χ3n) is 3.35. The molecule has 1 amide bonds. The zero-order valence-corrected chi connectivity index (χ0v) is 9.81. The van der Waals surface area contributed by atoms with Crippen molar-refractivity contribution in [2.24, 2.45) is 0 Å². The normalized spacial score (nSPS) is 11.8. The molecule has 0 spiro atoms. The van der Waals surface area contributed by atoms with Gasteiger partial charge in [-0.2, -0.15) is 0 Å². The molecule has 2 N–H and O–H groups in total.